The average molecular weight is 261 g/mol. The number of hydrogen-bond acceptors (Lipinski definition) is 3. The van der Waals surface area contributed by atoms with Crippen molar-refractivity contribution in [3.8, 4) is 0 Å². The quantitative estimate of drug-likeness (QED) is 0.847. The first-order valence-electron chi connectivity index (χ1n) is 6.61. The number of amides is 1. The minimum atomic E-state index is -0.109. The number of para-hydroxylation sites is 1. The van der Waals surface area contributed by atoms with E-state index in [2.05, 4.69) is 5.32 Å². The summed E-state index contributed by atoms with van der Waals surface area (Å²) in [6, 6.07) is 7.15. The van der Waals surface area contributed by atoms with Gasteiger partial charge < -0.3 is 10.1 Å². The van der Waals surface area contributed by atoms with Gasteiger partial charge in [-0.2, -0.15) is 0 Å². The predicted octanol–water partition coefficient (Wildman–Crippen LogP) is 2.50. The Morgan fingerprint density at radius 3 is 2.68 bits per heavy atom. The SMILES string of the molecule is CC(C)C(=O)c1ccccc1NC(=O)[C@@H]1CCOC1. The van der Waals surface area contributed by atoms with Gasteiger partial charge in [0.2, 0.25) is 5.91 Å². The fourth-order valence-corrected chi connectivity index (χ4v) is 2.09. The van der Waals surface area contributed by atoms with Crippen LogP contribution in [0.2, 0.25) is 0 Å². The van der Waals surface area contributed by atoms with Gasteiger partial charge in [0, 0.05) is 18.1 Å². The Bertz CT molecular complexity index is 476. The molecule has 19 heavy (non-hydrogen) atoms. The molecule has 0 spiro atoms. The summed E-state index contributed by atoms with van der Waals surface area (Å²) in [6.45, 7) is 4.80. The normalized spacial score (nSPS) is 18.6. The monoisotopic (exact) mass is 261 g/mol. The van der Waals surface area contributed by atoms with Crippen molar-refractivity contribution >= 4 is 17.4 Å². The largest absolute Gasteiger partial charge is 0.381 e. The van der Waals surface area contributed by atoms with Crippen molar-refractivity contribution in [1.82, 2.24) is 0 Å². The number of benzene rings is 1. The molecule has 1 aliphatic rings. The van der Waals surface area contributed by atoms with Crippen LogP contribution in [-0.2, 0) is 9.53 Å². The van der Waals surface area contributed by atoms with Gasteiger partial charge >= 0.3 is 0 Å². The highest BCUT2D eigenvalue weighted by Gasteiger charge is 2.24. The molecule has 0 saturated carbocycles. The van der Waals surface area contributed by atoms with Crippen LogP contribution in [0.25, 0.3) is 0 Å². The molecule has 0 aromatic heterocycles. The topological polar surface area (TPSA) is 55.4 Å². The van der Waals surface area contributed by atoms with Crippen molar-refractivity contribution in [2.75, 3.05) is 18.5 Å². The van der Waals surface area contributed by atoms with E-state index < -0.39 is 0 Å². The third-order valence-electron chi connectivity index (χ3n) is 3.28. The van der Waals surface area contributed by atoms with Gasteiger partial charge in [0.25, 0.3) is 0 Å². The molecule has 1 saturated heterocycles. The summed E-state index contributed by atoms with van der Waals surface area (Å²) in [4.78, 5) is 24.1. The number of ether oxygens (including phenoxy) is 1. The van der Waals surface area contributed by atoms with Crippen molar-refractivity contribution < 1.29 is 14.3 Å². The molecule has 1 aliphatic heterocycles. The lowest BCUT2D eigenvalue weighted by atomic mass is 9.99. The lowest BCUT2D eigenvalue weighted by Crippen LogP contribution is -2.24. The van der Waals surface area contributed by atoms with Gasteiger partial charge in [0.05, 0.1) is 18.2 Å². The molecular weight excluding hydrogens is 242 g/mol. The second kappa shape index (κ2) is 5.97. The Morgan fingerprint density at radius 2 is 2.05 bits per heavy atom. The van der Waals surface area contributed by atoms with Crippen molar-refractivity contribution in [1.29, 1.82) is 0 Å². The summed E-state index contributed by atoms with van der Waals surface area (Å²) in [6.07, 6.45) is 0.742. The van der Waals surface area contributed by atoms with Crippen LogP contribution in [-0.4, -0.2) is 24.9 Å². The highest BCUT2D eigenvalue weighted by Crippen LogP contribution is 2.21. The van der Waals surface area contributed by atoms with Crippen molar-refractivity contribution in [2.24, 2.45) is 11.8 Å². The van der Waals surface area contributed by atoms with Crippen LogP contribution in [0.5, 0.6) is 0 Å². The minimum absolute atomic E-state index is 0.0403. The zero-order valence-electron chi connectivity index (χ0n) is 11.3. The van der Waals surface area contributed by atoms with Crippen LogP contribution in [0.15, 0.2) is 24.3 Å². The molecule has 4 heteroatoms. The molecule has 0 aliphatic carbocycles. The van der Waals surface area contributed by atoms with E-state index in [-0.39, 0.29) is 23.5 Å². The average Bonchev–Trinajstić information content (AvgIpc) is 2.92. The third-order valence-corrected chi connectivity index (χ3v) is 3.28. The molecule has 4 nitrogen and oxygen atoms in total. The van der Waals surface area contributed by atoms with E-state index in [1.165, 1.54) is 0 Å². The molecule has 1 fully saturated rings. The van der Waals surface area contributed by atoms with Gasteiger partial charge in [0.15, 0.2) is 5.78 Å². The van der Waals surface area contributed by atoms with Gasteiger partial charge in [0.1, 0.15) is 0 Å². The summed E-state index contributed by atoms with van der Waals surface area (Å²) < 4.78 is 5.20. The number of Topliss-reactive ketones (excluding diaryl/α,β-unsaturated/α-hetero) is 1. The fourth-order valence-electron chi connectivity index (χ4n) is 2.09. The number of nitrogens with one attached hydrogen (secondary N) is 1. The van der Waals surface area contributed by atoms with E-state index in [0.29, 0.717) is 24.5 Å². The van der Waals surface area contributed by atoms with Crippen molar-refractivity contribution in [3.63, 3.8) is 0 Å². The maximum absolute atomic E-state index is 12.1. The van der Waals surface area contributed by atoms with Gasteiger partial charge in [-0.05, 0) is 18.6 Å². The van der Waals surface area contributed by atoms with Crippen molar-refractivity contribution in [2.45, 2.75) is 20.3 Å². The maximum Gasteiger partial charge on any atom is 0.229 e. The summed E-state index contributed by atoms with van der Waals surface area (Å²) in [7, 11) is 0. The first-order valence-corrected chi connectivity index (χ1v) is 6.61. The summed E-state index contributed by atoms with van der Waals surface area (Å²) in [5.41, 5.74) is 1.17. The minimum Gasteiger partial charge on any atom is -0.381 e. The lowest BCUT2D eigenvalue weighted by Gasteiger charge is -2.14. The van der Waals surface area contributed by atoms with Crippen LogP contribution >= 0.6 is 0 Å². The number of rotatable bonds is 4. The molecule has 1 N–H and O–H groups in total. The Labute approximate surface area is 113 Å². The summed E-state index contributed by atoms with van der Waals surface area (Å²) in [5, 5.41) is 2.85. The van der Waals surface area contributed by atoms with E-state index in [1.807, 2.05) is 26.0 Å². The van der Waals surface area contributed by atoms with Gasteiger partial charge in [-0.1, -0.05) is 26.0 Å². The van der Waals surface area contributed by atoms with Crippen LogP contribution in [0.3, 0.4) is 0 Å². The summed E-state index contributed by atoms with van der Waals surface area (Å²) in [5.74, 6) is -0.227. The Kier molecular flexibility index (Phi) is 4.32. The Morgan fingerprint density at radius 1 is 1.32 bits per heavy atom. The zero-order valence-corrected chi connectivity index (χ0v) is 11.3. The van der Waals surface area contributed by atoms with E-state index in [0.717, 1.165) is 6.42 Å². The van der Waals surface area contributed by atoms with E-state index in [4.69, 9.17) is 4.74 Å². The van der Waals surface area contributed by atoms with Crippen LogP contribution in [0.1, 0.15) is 30.6 Å². The van der Waals surface area contributed by atoms with Gasteiger partial charge in [-0.3, -0.25) is 9.59 Å². The molecule has 1 amide bonds. The Balaban J connectivity index is 2.15. The highest BCUT2D eigenvalue weighted by molar-refractivity contribution is 6.06. The molecule has 2 rings (SSSR count). The molecule has 1 aromatic rings. The molecular formula is C15H19NO3. The first kappa shape index (κ1) is 13.7. The van der Waals surface area contributed by atoms with Crippen LogP contribution < -0.4 is 5.32 Å². The fraction of sp³-hybridized carbons (Fsp3) is 0.467. The van der Waals surface area contributed by atoms with Gasteiger partial charge in [-0.25, -0.2) is 0 Å². The van der Waals surface area contributed by atoms with E-state index in [1.54, 1.807) is 12.1 Å². The molecule has 0 unspecified atom stereocenters. The molecule has 0 radical (unpaired) electrons. The van der Waals surface area contributed by atoms with E-state index in [9.17, 15) is 9.59 Å². The number of ketones is 1. The van der Waals surface area contributed by atoms with E-state index >= 15 is 0 Å². The summed E-state index contributed by atoms with van der Waals surface area (Å²) >= 11 is 0. The van der Waals surface area contributed by atoms with Crippen LogP contribution in [0, 0.1) is 11.8 Å². The zero-order chi connectivity index (χ0) is 13.8. The molecule has 0 bridgehead atoms. The van der Waals surface area contributed by atoms with Crippen molar-refractivity contribution in [3.05, 3.63) is 29.8 Å². The lowest BCUT2D eigenvalue weighted by molar-refractivity contribution is -0.119. The highest BCUT2D eigenvalue weighted by atomic mass is 16.5. The predicted molar refractivity (Wildman–Crippen MR) is 73.2 cm³/mol. The second-order valence-corrected chi connectivity index (χ2v) is 5.11. The molecule has 1 atom stereocenters. The number of hydrogen-bond donors (Lipinski definition) is 1. The molecule has 102 valence electrons. The molecule has 1 heterocycles. The van der Waals surface area contributed by atoms with Gasteiger partial charge in [-0.15, -0.1) is 0 Å². The van der Waals surface area contributed by atoms with Crippen LogP contribution in [0.4, 0.5) is 5.69 Å². The maximum atomic E-state index is 12.1. The smallest absolute Gasteiger partial charge is 0.229 e. The first-order chi connectivity index (χ1) is 9.09. The number of anilines is 1. The number of carbonyl (C=O) groups excluding carboxylic acids is 2. The Hall–Kier alpha value is -1.68. The third kappa shape index (κ3) is 3.20. The standard InChI is InChI=1S/C15H19NO3/c1-10(2)14(17)12-5-3-4-6-13(12)16-15(18)11-7-8-19-9-11/h3-6,10-11H,7-9H2,1-2H3,(H,16,18)/t11-/m1/s1. The second-order valence-electron chi connectivity index (χ2n) is 5.11. The molecule has 1 aromatic carbocycles. The number of carbonyl (C=O) groups is 2.